The zero-order valence-electron chi connectivity index (χ0n) is 8.27. The largest absolute Gasteiger partial charge is 0.387 e. The van der Waals surface area contributed by atoms with Crippen molar-refractivity contribution in [3.63, 3.8) is 0 Å². The molecule has 0 aromatic heterocycles. The van der Waals surface area contributed by atoms with E-state index in [4.69, 9.17) is 0 Å². The highest BCUT2D eigenvalue weighted by atomic mass is 16.3. The number of carbonyl (C=O) groups excluding carboxylic acids is 1. The minimum atomic E-state index is -1.41. The summed E-state index contributed by atoms with van der Waals surface area (Å²) in [6.45, 7) is 2.80. The molecule has 0 radical (unpaired) electrons. The number of aliphatic hydroxyl groups is 2. The molecular formula is C11H14O3. The fraction of sp³-hybridized carbons (Fsp3) is 0.364. The number of rotatable bonds is 3. The van der Waals surface area contributed by atoms with E-state index >= 15 is 0 Å². The van der Waals surface area contributed by atoms with Gasteiger partial charge in [-0.1, -0.05) is 30.3 Å². The average Bonchev–Trinajstić information content (AvgIpc) is 2.15. The van der Waals surface area contributed by atoms with Gasteiger partial charge in [-0.05, 0) is 13.8 Å². The third-order valence-electron chi connectivity index (χ3n) is 1.98. The molecule has 14 heavy (non-hydrogen) atoms. The first-order valence-corrected chi connectivity index (χ1v) is 4.42. The van der Waals surface area contributed by atoms with Crippen LogP contribution in [0.5, 0.6) is 0 Å². The SMILES string of the molecule is CC(C)(O)[C@@H](O)C(=O)c1ccccc1. The van der Waals surface area contributed by atoms with Crippen molar-refractivity contribution in [3.8, 4) is 0 Å². The van der Waals surface area contributed by atoms with Crippen LogP contribution in [0.3, 0.4) is 0 Å². The topological polar surface area (TPSA) is 57.5 Å². The van der Waals surface area contributed by atoms with Gasteiger partial charge in [-0.2, -0.15) is 0 Å². The van der Waals surface area contributed by atoms with Gasteiger partial charge in [0.1, 0.15) is 6.10 Å². The van der Waals surface area contributed by atoms with E-state index in [1.807, 2.05) is 0 Å². The summed E-state index contributed by atoms with van der Waals surface area (Å²) in [6.07, 6.45) is -1.38. The van der Waals surface area contributed by atoms with Gasteiger partial charge in [0.25, 0.3) is 0 Å². The van der Waals surface area contributed by atoms with Crippen molar-refractivity contribution in [3.05, 3.63) is 35.9 Å². The molecular weight excluding hydrogens is 180 g/mol. The fourth-order valence-electron chi connectivity index (χ4n) is 1.08. The Labute approximate surface area is 83.0 Å². The Morgan fingerprint density at radius 1 is 1.29 bits per heavy atom. The first-order chi connectivity index (χ1) is 6.43. The molecule has 0 aliphatic rings. The molecule has 1 atom stereocenters. The molecule has 1 aromatic rings. The highest BCUT2D eigenvalue weighted by molar-refractivity contribution is 5.99. The summed E-state index contributed by atoms with van der Waals surface area (Å²) in [5.74, 6) is -0.460. The standard InChI is InChI=1S/C11H14O3/c1-11(2,14)10(13)9(12)8-6-4-3-5-7-8/h3-7,10,13-14H,1-2H3/t10-/m0/s1. The molecule has 3 nitrogen and oxygen atoms in total. The van der Waals surface area contributed by atoms with Crippen molar-refractivity contribution in [1.82, 2.24) is 0 Å². The molecule has 0 spiro atoms. The van der Waals surface area contributed by atoms with E-state index in [9.17, 15) is 15.0 Å². The Morgan fingerprint density at radius 2 is 1.79 bits per heavy atom. The molecule has 0 unspecified atom stereocenters. The monoisotopic (exact) mass is 194 g/mol. The van der Waals surface area contributed by atoms with Crippen LogP contribution < -0.4 is 0 Å². The van der Waals surface area contributed by atoms with Crippen LogP contribution >= 0.6 is 0 Å². The third-order valence-corrected chi connectivity index (χ3v) is 1.98. The lowest BCUT2D eigenvalue weighted by atomic mass is 9.94. The maximum atomic E-state index is 11.6. The second-order valence-electron chi connectivity index (χ2n) is 3.79. The fourth-order valence-corrected chi connectivity index (χ4v) is 1.08. The maximum Gasteiger partial charge on any atom is 0.194 e. The van der Waals surface area contributed by atoms with Gasteiger partial charge in [-0.15, -0.1) is 0 Å². The van der Waals surface area contributed by atoms with E-state index in [0.717, 1.165) is 0 Å². The molecule has 3 heteroatoms. The number of Topliss-reactive ketones (excluding diaryl/α,β-unsaturated/α-hetero) is 1. The molecule has 2 N–H and O–H groups in total. The van der Waals surface area contributed by atoms with Gasteiger partial charge in [0.05, 0.1) is 5.60 Å². The van der Waals surface area contributed by atoms with Gasteiger partial charge in [0.15, 0.2) is 5.78 Å². The van der Waals surface area contributed by atoms with Gasteiger partial charge in [0, 0.05) is 5.56 Å². The first-order valence-electron chi connectivity index (χ1n) is 4.42. The Kier molecular flexibility index (Phi) is 3.03. The summed E-state index contributed by atoms with van der Waals surface area (Å²) < 4.78 is 0. The zero-order valence-corrected chi connectivity index (χ0v) is 8.27. The van der Waals surface area contributed by atoms with Crippen molar-refractivity contribution in [2.45, 2.75) is 25.6 Å². The smallest absolute Gasteiger partial charge is 0.194 e. The Morgan fingerprint density at radius 3 is 2.21 bits per heavy atom. The number of aliphatic hydroxyl groups excluding tert-OH is 1. The summed E-state index contributed by atoms with van der Waals surface area (Å²) in [7, 11) is 0. The highest BCUT2D eigenvalue weighted by Crippen LogP contribution is 2.13. The van der Waals surface area contributed by atoms with E-state index in [-0.39, 0.29) is 0 Å². The lowest BCUT2D eigenvalue weighted by Gasteiger charge is -2.23. The number of benzene rings is 1. The van der Waals surface area contributed by atoms with Crippen LogP contribution in [0.15, 0.2) is 30.3 Å². The van der Waals surface area contributed by atoms with Gasteiger partial charge in [-0.3, -0.25) is 4.79 Å². The second-order valence-corrected chi connectivity index (χ2v) is 3.79. The van der Waals surface area contributed by atoms with Crippen LogP contribution in [0, 0.1) is 0 Å². The predicted molar refractivity (Wildman–Crippen MR) is 53.1 cm³/mol. The molecule has 0 saturated carbocycles. The van der Waals surface area contributed by atoms with E-state index in [1.54, 1.807) is 30.3 Å². The molecule has 0 heterocycles. The molecule has 1 aromatic carbocycles. The molecule has 0 amide bonds. The Bertz CT molecular complexity index is 311. The predicted octanol–water partition coefficient (Wildman–Crippen LogP) is 1.00. The normalized spacial score (nSPS) is 13.7. The molecule has 0 fully saturated rings. The van der Waals surface area contributed by atoms with Crippen LogP contribution in [0.25, 0.3) is 0 Å². The number of hydrogen-bond donors (Lipinski definition) is 2. The minimum Gasteiger partial charge on any atom is -0.387 e. The van der Waals surface area contributed by atoms with E-state index in [0.29, 0.717) is 5.56 Å². The van der Waals surface area contributed by atoms with E-state index in [2.05, 4.69) is 0 Å². The summed E-state index contributed by atoms with van der Waals surface area (Å²) >= 11 is 0. The van der Waals surface area contributed by atoms with Crippen molar-refractivity contribution in [2.24, 2.45) is 0 Å². The van der Waals surface area contributed by atoms with Crippen molar-refractivity contribution >= 4 is 5.78 Å². The van der Waals surface area contributed by atoms with Crippen LogP contribution in [0.1, 0.15) is 24.2 Å². The first kappa shape index (κ1) is 10.9. The quantitative estimate of drug-likeness (QED) is 0.706. The molecule has 76 valence electrons. The number of hydrogen-bond acceptors (Lipinski definition) is 3. The highest BCUT2D eigenvalue weighted by Gasteiger charge is 2.31. The van der Waals surface area contributed by atoms with Crippen molar-refractivity contribution < 1.29 is 15.0 Å². The maximum absolute atomic E-state index is 11.6. The molecule has 1 rings (SSSR count). The van der Waals surface area contributed by atoms with Gasteiger partial charge >= 0.3 is 0 Å². The van der Waals surface area contributed by atoms with Crippen molar-refractivity contribution in [1.29, 1.82) is 0 Å². The molecule has 0 bridgehead atoms. The summed E-state index contributed by atoms with van der Waals surface area (Å²) in [6, 6.07) is 8.43. The lowest BCUT2D eigenvalue weighted by Crippen LogP contribution is -2.41. The van der Waals surface area contributed by atoms with Crippen LogP contribution in [-0.2, 0) is 0 Å². The molecule has 0 aliphatic heterocycles. The summed E-state index contributed by atoms with van der Waals surface area (Å²) in [4.78, 5) is 11.6. The number of ketones is 1. The van der Waals surface area contributed by atoms with Gasteiger partial charge in [-0.25, -0.2) is 0 Å². The Balaban J connectivity index is 2.87. The van der Waals surface area contributed by atoms with Gasteiger partial charge < -0.3 is 10.2 Å². The van der Waals surface area contributed by atoms with Gasteiger partial charge in [0.2, 0.25) is 0 Å². The summed E-state index contributed by atoms with van der Waals surface area (Å²) in [5.41, 5.74) is -1.01. The second kappa shape index (κ2) is 3.90. The zero-order chi connectivity index (χ0) is 10.8. The van der Waals surface area contributed by atoms with E-state index < -0.39 is 17.5 Å². The lowest BCUT2D eigenvalue weighted by molar-refractivity contribution is -0.0324. The van der Waals surface area contributed by atoms with Crippen molar-refractivity contribution in [2.75, 3.05) is 0 Å². The molecule has 0 aliphatic carbocycles. The summed E-state index contributed by atoms with van der Waals surface area (Å²) in [5, 5.41) is 19.0. The Hall–Kier alpha value is -1.19. The number of carbonyl (C=O) groups is 1. The molecule has 0 saturated heterocycles. The minimum absolute atomic E-state index is 0.405. The third kappa shape index (κ3) is 2.40. The van der Waals surface area contributed by atoms with Crippen LogP contribution in [-0.4, -0.2) is 27.7 Å². The average molecular weight is 194 g/mol. The van der Waals surface area contributed by atoms with Crippen LogP contribution in [0.2, 0.25) is 0 Å². The van der Waals surface area contributed by atoms with E-state index in [1.165, 1.54) is 13.8 Å². The van der Waals surface area contributed by atoms with Crippen LogP contribution in [0.4, 0.5) is 0 Å².